The Kier molecular flexibility index (Phi) is 4.95. The van der Waals surface area contributed by atoms with Gasteiger partial charge in [-0.25, -0.2) is 4.98 Å². The van der Waals surface area contributed by atoms with Gasteiger partial charge < -0.3 is 15.2 Å². The maximum atomic E-state index is 5.72. The Bertz CT molecular complexity index is 1020. The van der Waals surface area contributed by atoms with Crippen LogP contribution in [0.25, 0.3) is 11.0 Å². The number of aromatic amines is 1. The van der Waals surface area contributed by atoms with Gasteiger partial charge in [0.15, 0.2) is 5.75 Å². The highest BCUT2D eigenvalue weighted by atomic mass is 32.1. The molecule has 2 aromatic carbocycles. The normalized spacial score (nSPS) is 22.1. The number of H-pyrrole nitrogens is 1. The van der Waals surface area contributed by atoms with Gasteiger partial charge in [0.25, 0.3) is 0 Å². The molecule has 1 fully saturated rings. The first kappa shape index (κ1) is 18.5. The second kappa shape index (κ2) is 7.74. The van der Waals surface area contributed by atoms with Crippen molar-refractivity contribution in [1.29, 1.82) is 0 Å². The highest BCUT2D eigenvalue weighted by molar-refractivity contribution is 7.80. The smallest absolute Gasteiger partial charge is 0.168 e. The second-order valence-electron chi connectivity index (χ2n) is 7.81. The van der Waals surface area contributed by atoms with E-state index in [1.54, 1.807) is 0 Å². The molecular weight excluding hydrogens is 384 g/mol. The van der Waals surface area contributed by atoms with Crippen molar-refractivity contribution in [2.75, 3.05) is 20.2 Å². The van der Waals surface area contributed by atoms with Crippen LogP contribution >= 0.6 is 12.2 Å². The summed E-state index contributed by atoms with van der Waals surface area (Å²) in [6.45, 7) is 1.57. The summed E-state index contributed by atoms with van der Waals surface area (Å²) in [6, 6.07) is 14.8. The second-order valence-corrected chi connectivity index (χ2v) is 8.22. The number of hydrogen-bond acceptors (Lipinski definition) is 5. The quantitative estimate of drug-likeness (QED) is 0.511. The molecule has 29 heavy (non-hydrogen) atoms. The number of thiocarbonyl (C=S) groups is 1. The first-order chi connectivity index (χ1) is 14.2. The van der Waals surface area contributed by atoms with E-state index in [9.17, 15) is 0 Å². The van der Waals surface area contributed by atoms with Gasteiger partial charge in [-0.3, -0.25) is 4.90 Å². The summed E-state index contributed by atoms with van der Waals surface area (Å²) in [5.74, 6) is 1.81. The maximum Gasteiger partial charge on any atom is 0.168 e. The number of nitrogens with one attached hydrogen (secondary N) is 2. The zero-order valence-corrected chi connectivity index (χ0v) is 17.2. The molecule has 6 nitrogen and oxygen atoms in total. The van der Waals surface area contributed by atoms with Crippen LogP contribution in [0.1, 0.15) is 35.8 Å². The molecule has 1 saturated heterocycles. The van der Waals surface area contributed by atoms with Gasteiger partial charge in [0, 0.05) is 30.1 Å². The number of piperidine rings is 1. The minimum atomic E-state index is 0.241. The Morgan fingerprint density at radius 3 is 3.07 bits per heavy atom. The molecule has 3 heterocycles. The summed E-state index contributed by atoms with van der Waals surface area (Å²) in [6.07, 6.45) is 2.85. The van der Waals surface area contributed by atoms with Gasteiger partial charge in [0.1, 0.15) is 10.8 Å². The molecule has 0 saturated carbocycles. The van der Waals surface area contributed by atoms with E-state index in [-0.39, 0.29) is 6.04 Å². The largest absolute Gasteiger partial charge is 0.373 e. The van der Waals surface area contributed by atoms with E-state index in [1.807, 2.05) is 30.3 Å². The standard InChI is InChI=1S/C22H24N4O2S/c1-26-10-8-16(13-19(26)21-24-17-4-2-3-5-18(17)25-21)23-22(29)15-6-7-20-14(12-15)9-11-27-28-20/h2-7,12,16,19H,8-11,13H2,1H3,(H,23,29)(H,24,25)/t16-,19-/m1/s1. The highest BCUT2D eigenvalue weighted by Gasteiger charge is 2.30. The third kappa shape index (κ3) is 3.73. The van der Waals surface area contributed by atoms with E-state index in [1.165, 1.54) is 0 Å². The van der Waals surface area contributed by atoms with Crippen LogP contribution in [-0.2, 0) is 11.3 Å². The maximum absolute atomic E-state index is 5.72. The van der Waals surface area contributed by atoms with Crippen molar-refractivity contribution >= 4 is 28.2 Å². The number of likely N-dealkylation sites (tertiary alicyclic amines) is 1. The van der Waals surface area contributed by atoms with Gasteiger partial charge in [0.2, 0.25) is 0 Å². The molecule has 1 aromatic heterocycles. The number of nitrogens with zero attached hydrogens (tertiary/aromatic N) is 2. The molecular formula is C22H24N4O2S. The van der Waals surface area contributed by atoms with Gasteiger partial charge in [-0.1, -0.05) is 24.4 Å². The van der Waals surface area contributed by atoms with Crippen molar-refractivity contribution in [3.63, 3.8) is 0 Å². The lowest BCUT2D eigenvalue weighted by Crippen LogP contribution is -2.44. The minimum Gasteiger partial charge on any atom is -0.373 e. The van der Waals surface area contributed by atoms with Crippen molar-refractivity contribution in [3.05, 3.63) is 59.4 Å². The van der Waals surface area contributed by atoms with E-state index in [2.05, 4.69) is 34.4 Å². The minimum absolute atomic E-state index is 0.241. The van der Waals surface area contributed by atoms with E-state index < -0.39 is 0 Å². The fourth-order valence-corrected chi connectivity index (χ4v) is 4.48. The first-order valence-corrected chi connectivity index (χ1v) is 10.5. The van der Waals surface area contributed by atoms with E-state index in [0.717, 1.165) is 64.5 Å². The zero-order valence-electron chi connectivity index (χ0n) is 16.4. The van der Waals surface area contributed by atoms with Crippen LogP contribution < -0.4 is 10.2 Å². The van der Waals surface area contributed by atoms with Crippen LogP contribution in [0.15, 0.2) is 42.5 Å². The van der Waals surface area contributed by atoms with Gasteiger partial charge >= 0.3 is 0 Å². The Labute approximate surface area is 175 Å². The third-order valence-electron chi connectivity index (χ3n) is 5.85. The summed E-state index contributed by atoms with van der Waals surface area (Å²) in [4.78, 5) is 21.7. The summed E-state index contributed by atoms with van der Waals surface area (Å²) in [7, 11) is 2.16. The summed E-state index contributed by atoms with van der Waals surface area (Å²) >= 11 is 5.72. The van der Waals surface area contributed by atoms with Crippen LogP contribution in [0.3, 0.4) is 0 Å². The molecule has 150 valence electrons. The highest BCUT2D eigenvalue weighted by Crippen LogP contribution is 2.30. The van der Waals surface area contributed by atoms with E-state index >= 15 is 0 Å². The Morgan fingerprint density at radius 1 is 1.28 bits per heavy atom. The lowest BCUT2D eigenvalue weighted by molar-refractivity contribution is -0.215. The molecule has 2 aliphatic rings. The molecule has 0 spiro atoms. The number of imidazole rings is 1. The topological polar surface area (TPSA) is 62.4 Å². The SMILES string of the molecule is CN1CC[C@@H](NC(=S)c2ccc3c(c2)CCOO3)C[C@@H]1c1nc2ccccc2[nH]1. The van der Waals surface area contributed by atoms with Crippen molar-refractivity contribution in [3.8, 4) is 5.75 Å². The third-order valence-corrected chi connectivity index (χ3v) is 6.21. The Hall–Kier alpha value is -2.48. The predicted octanol–water partition coefficient (Wildman–Crippen LogP) is 3.53. The van der Waals surface area contributed by atoms with Crippen molar-refractivity contribution < 1.29 is 9.78 Å². The number of hydrogen-bond donors (Lipinski definition) is 2. The Balaban J connectivity index is 1.30. The first-order valence-electron chi connectivity index (χ1n) is 10.1. The lowest BCUT2D eigenvalue weighted by Gasteiger charge is -2.36. The molecule has 0 unspecified atom stereocenters. The average Bonchev–Trinajstić information content (AvgIpc) is 3.18. The van der Waals surface area contributed by atoms with Crippen LogP contribution in [0.2, 0.25) is 0 Å². The number of para-hydroxylation sites is 2. The molecule has 7 heteroatoms. The summed E-state index contributed by atoms with van der Waals surface area (Å²) < 4.78 is 0. The summed E-state index contributed by atoms with van der Waals surface area (Å²) in [5, 5.41) is 3.59. The van der Waals surface area contributed by atoms with Crippen molar-refractivity contribution in [1.82, 2.24) is 20.2 Å². The van der Waals surface area contributed by atoms with Gasteiger partial charge in [-0.15, -0.1) is 0 Å². The fraction of sp³-hybridized carbons (Fsp3) is 0.364. The number of rotatable bonds is 3. The Morgan fingerprint density at radius 2 is 2.17 bits per heavy atom. The molecule has 0 amide bonds. The molecule has 0 bridgehead atoms. The molecule has 3 aromatic rings. The van der Waals surface area contributed by atoms with E-state index in [4.69, 9.17) is 27.0 Å². The summed E-state index contributed by atoms with van der Waals surface area (Å²) in [5.41, 5.74) is 4.27. The fourth-order valence-electron chi connectivity index (χ4n) is 4.19. The van der Waals surface area contributed by atoms with E-state index in [0.29, 0.717) is 12.6 Å². The monoisotopic (exact) mass is 408 g/mol. The predicted molar refractivity (Wildman–Crippen MR) is 116 cm³/mol. The van der Waals surface area contributed by atoms with Crippen LogP contribution in [-0.4, -0.2) is 46.1 Å². The molecule has 2 aliphatic heterocycles. The molecule has 0 radical (unpaired) electrons. The van der Waals surface area contributed by atoms with Gasteiger partial charge in [0.05, 0.1) is 23.7 Å². The number of fused-ring (bicyclic) bond motifs is 2. The van der Waals surface area contributed by atoms with Crippen LogP contribution in [0.5, 0.6) is 5.75 Å². The molecule has 5 rings (SSSR count). The molecule has 0 aliphatic carbocycles. The average molecular weight is 409 g/mol. The lowest BCUT2D eigenvalue weighted by atomic mass is 9.96. The van der Waals surface area contributed by atoms with Crippen molar-refractivity contribution in [2.24, 2.45) is 0 Å². The molecule has 2 N–H and O–H groups in total. The number of benzene rings is 2. The van der Waals surface area contributed by atoms with Gasteiger partial charge in [-0.2, -0.15) is 4.89 Å². The number of aromatic nitrogens is 2. The van der Waals surface area contributed by atoms with Crippen molar-refractivity contribution in [2.45, 2.75) is 31.3 Å². The van der Waals surface area contributed by atoms with Crippen LogP contribution in [0.4, 0.5) is 0 Å². The zero-order chi connectivity index (χ0) is 19.8. The van der Waals surface area contributed by atoms with Gasteiger partial charge in [-0.05, 0) is 50.2 Å². The van der Waals surface area contributed by atoms with Crippen LogP contribution in [0, 0.1) is 0 Å². The molecule has 2 atom stereocenters.